The molecule has 56 heavy (non-hydrogen) atoms. The molecule has 0 saturated heterocycles. The second-order valence-electron chi connectivity index (χ2n) is 11.7. The molecular formula is C34H14BF20I. The van der Waals surface area contributed by atoms with Gasteiger partial charge in [0.15, 0.2) is 77.3 Å². The van der Waals surface area contributed by atoms with Crippen LogP contribution in [-0.4, -0.2) is 10.1 Å². The fourth-order valence-corrected chi connectivity index (χ4v) is 8.21. The maximum atomic E-state index is 15.4. The average Bonchev–Trinajstić information content (AvgIpc) is 3.15. The number of benzene rings is 5. The highest BCUT2D eigenvalue weighted by molar-refractivity contribution is 7.20. The highest BCUT2D eigenvalue weighted by Gasteiger charge is 2.52. The fourth-order valence-electron chi connectivity index (χ4n) is 5.78. The van der Waals surface area contributed by atoms with E-state index in [0.717, 1.165) is 3.92 Å². The first-order valence-electron chi connectivity index (χ1n) is 14.8. The quantitative estimate of drug-likeness (QED) is 0.0527. The van der Waals surface area contributed by atoms with Crippen LogP contribution in [0.2, 0.25) is 0 Å². The van der Waals surface area contributed by atoms with E-state index in [1.54, 1.807) is 3.57 Å². The van der Waals surface area contributed by atoms with Gasteiger partial charge in [0, 0.05) is 5.56 Å². The van der Waals surface area contributed by atoms with Crippen molar-refractivity contribution in [1.29, 1.82) is 0 Å². The van der Waals surface area contributed by atoms with Gasteiger partial charge in [0.2, 0.25) is 0 Å². The fraction of sp³-hybridized carbons (Fsp3) is 0.118. The molecule has 5 aromatic rings. The zero-order chi connectivity index (χ0) is 42.6. The molecule has 0 heterocycles. The van der Waals surface area contributed by atoms with Gasteiger partial charge in [0.1, 0.15) is 52.7 Å². The summed E-state index contributed by atoms with van der Waals surface area (Å²) in [6, 6.07) is 8.73. The van der Waals surface area contributed by atoms with Crippen LogP contribution in [0.4, 0.5) is 87.8 Å². The van der Waals surface area contributed by atoms with Gasteiger partial charge in [-0.1, -0.05) is 18.2 Å². The third-order valence-electron chi connectivity index (χ3n) is 8.12. The minimum Gasteiger partial charge on any atom is -0.207 e. The molecule has 0 N–H and O–H groups in total. The Kier molecular flexibility index (Phi) is 12.8. The number of hydrogen-bond donors (Lipinski definition) is 0. The molecule has 0 aliphatic carbocycles. The smallest absolute Gasteiger partial charge is 0.207 e. The van der Waals surface area contributed by atoms with Crippen LogP contribution in [0.1, 0.15) is 19.4 Å². The predicted octanol–water partition coefficient (Wildman–Crippen LogP) is 5.51. The molecule has 0 atom stereocenters. The average molecular weight is 940 g/mol. The summed E-state index contributed by atoms with van der Waals surface area (Å²) in [7, 11) is 0. The Morgan fingerprint density at radius 2 is 0.536 bits per heavy atom. The first-order chi connectivity index (χ1) is 25.9. The highest BCUT2D eigenvalue weighted by Crippen LogP contribution is 2.30. The van der Waals surface area contributed by atoms with Crippen molar-refractivity contribution >= 4 is 28.0 Å². The van der Waals surface area contributed by atoms with Crippen LogP contribution in [0, 0.1) is 127 Å². The standard InChI is InChI=1S/C24BF20.C10H14I/c26-5-1(6(27)14(35)21(42)13(5)34)25(2-7(28)15(36)22(43)16(37)8(2)29,3-9(30)17(38)23(44)18(39)10(3)31)4-11(32)19(40)24(45)20(41)12(4)33;1-8(2)11-10-7-5-4-6-9(10)3/h;4-8H,1-3H3/q-1;+1. The number of alkyl halides is 1. The minimum absolute atomic E-state index is 0.245. The summed E-state index contributed by atoms with van der Waals surface area (Å²) in [5.41, 5.74) is -12.9. The van der Waals surface area contributed by atoms with Crippen molar-refractivity contribution in [3.63, 3.8) is 0 Å². The zero-order valence-corrected chi connectivity index (χ0v) is 29.6. The van der Waals surface area contributed by atoms with Crippen LogP contribution in [-0.2, 0) is 0 Å². The maximum Gasteiger partial charge on any atom is 0.316 e. The Bertz CT molecular complexity index is 2010. The molecule has 5 rings (SSSR count). The van der Waals surface area contributed by atoms with Crippen LogP contribution in [0.25, 0.3) is 0 Å². The van der Waals surface area contributed by atoms with E-state index in [9.17, 15) is 52.7 Å². The molecule has 0 bridgehead atoms. The van der Waals surface area contributed by atoms with Gasteiger partial charge in [-0.3, -0.25) is 0 Å². The summed E-state index contributed by atoms with van der Waals surface area (Å²) >= 11 is 0.245. The van der Waals surface area contributed by atoms with Crippen molar-refractivity contribution in [1.82, 2.24) is 0 Å². The Morgan fingerprint density at radius 3 is 0.732 bits per heavy atom. The van der Waals surface area contributed by atoms with E-state index < -0.39 is 144 Å². The number of halogens is 21. The van der Waals surface area contributed by atoms with E-state index in [0.29, 0.717) is 0 Å². The lowest BCUT2D eigenvalue weighted by Gasteiger charge is -2.44. The molecule has 0 aliphatic heterocycles. The number of hydrogen-bond acceptors (Lipinski definition) is 0. The normalized spacial score (nSPS) is 11.7. The van der Waals surface area contributed by atoms with Crippen LogP contribution in [0.3, 0.4) is 0 Å². The van der Waals surface area contributed by atoms with E-state index in [1.165, 1.54) is 5.56 Å². The summed E-state index contributed by atoms with van der Waals surface area (Å²) in [5, 5.41) is 0. The van der Waals surface area contributed by atoms with Gasteiger partial charge in [-0.15, -0.1) is 21.9 Å². The molecular weight excluding hydrogens is 926 g/mol. The summed E-state index contributed by atoms with van der Waals surface area (Å²) in [4.78, 5) is 0. The van der Waals surface area contributed by atoms with Gasteiger partial charge in [0.25, 0.3) is 0 Å². The molecule has 22 heteroatoms. The molecule has 0 nitrogen and oxygen atoms in total. The van der Waals surface area contributed by atoms with Crippen LogP contribution >= 0.6 is 0 Å². The van der Waals surface area contributed by atoms with Gasteiger partial charge in [-0.05, 0) is 26.8 Å². The van der Waals surface area contributed by atoms with Crippen molar-refractivity contribution < 1.29 is 109 Å². The molecule has 0 amide bonds. The SMILES string of the molecule is Cc1ccccc1[I+]C(C)C.Fc1c(F)c(F)c([B-](c2c(F)c(F)c(F)c(F)c2F)(c2c(F)c(F)c(F)c(F)c2F)c2c(F)c(F)c(F)c(F)c2F)c(F)c1F. The van der Waals surface area contributed by atoms with E-state index in [-0.39, 0.29) is 21.2 Å². The Balaban J connectivity index is 0.000000544. The lowest BCUT2D eigenvalue weighted by atomic mass is 9.12. The monoisotopic (exact) mass is 940 g/mol. The lowest BCUT2D eigenvalue weighted by Crippen LogP contribution is -3.65. The first-order valence-corrected chi connectivity index (χ1v) is 17.1. The van der Waals surface area contributed by atoms with Crippen molar-refractivity contribution in [2.24, 2.45) is 0 Å². The predicted molar refractivity (Wildman–Crippen MR) is 154 cm³/mol. The van der Waals surface area contributed by atoms with Crippen LogP contribution in [0.15, 0.2) is 24.3 Å². The van der Waals surface area contributed by atoms with E-state index in [1.807, 2.05) is 0 Å². The third-order valence-corrected chi connectivity index (χ3v) is 11.2. The number of rotatable bonds is 6. The molecule has 0 saturated carbocycles. The van der Waals surface area contributed by atoms with Gasteiger partial charge in [-0.2, -0.15) is 0 Å². The second-order valence-corrected chi connectivity index (χ2v) is 15.9. The molecule has 300 valence electrons. The largest absolute Gasteiger partial charge is 0.316 e. The minimum atomic E-state index is -7.22. The lowest BCUT2D eigenvalue weighted by molar-refractivity contribution is -0.656. The van der Waals surface area contributed by atoms with Crippen LogP contribution in [0.5, 0.6) is 0 Å². The molecule has 0 radical (unpaired) electrons. The second kappa shape index (κ2) is 16.2. The maximum absolute atomic E-state index is 15.4. The van der Waals surface area contributed by atoms with Crippen molar-refractivity contribution in [3.8, 4) is 0 Å². The van der Waals surface area contributed by atoms with Crippen molar-refractivity contribution in [2.45, 2.75) is 24.7 Å². The third kappa shape index (κ3) is 6.84. The topological polar surface area (TPSA) is 0 Å². The van der Waals surface area contributed by atoms with Crippen molar-refractivity contribution in [2.75, 3.05) is 0 Å². The van der Waals surface area contributed by atoms with E-state index in [2.05, 4.69) is 45.0 Å². The van der Waals surface area contributed by atoms with Gasteiger partial charge < -0.3 is 0 Å². The highest BCUT2D eigenvalue weighted by atomic mass is 127. The molecule has 0 aliphatic rings. The molecule has 0 unspecified atom stereocenters. The molecule has 0 spiro atoms. The Labute approximate surface area is 310 Å². The first kappa shape index (κ1) is 44.2. The van der Waals surface area contributed by atoms with Crippen LogP contribution < -0.4 is 43.1 Å². The number of aryl methyl sites for hydroxylation is 1. The molecule has 0 aromatic heterocycles. The summed E-state index contributed by atoms with van der Waals surface area (Å²) in [6.07, 6.45) is -7.22. The van der Waals surface area contributed by atoms with Gasteiger partial charge in [-0.25, -0.2) is 87.8 Å². The Morgan fingerprint density at radius 1 is 0.339 bits per heavy atom. The molecule has 0 fully saturated rings. The van der Waals surface area contributed by atoms with E-state index in [4.69, 9.17) is 0 Å². The van der Waals surface area contributed by atoms with Crippen molar-refractivity contribution in [3.05, 3.63) is 150 Å². The van der Waals surface area contributed by atoms with E-state index >= 15 is 35.1 Å². The van der Waals surface area contributed by atoms with Gasteiger partial charge >= 0.3 is 21.2 Å². The van der Waals surface area contributed by atoms with Gasteiger partial charge in [0.05, 0.1) is 0 Å². The summed E-state index contributed by atoms with van der Waals surface area (Å²) in [5.74, 6) is -71.4. The zero-order valence-electron chi connectivity index (χ0n) is 27.4. The molecule has 5 aromatic carbocycles. The summed E-state index contributed by atoms with van der Waals surface area (Å²) < 4.78 is 296. The Hall–Kier alpha value is -4.51. The summed E-state index contributed by atoms with van der Waals surface area (Å²) in [6.45, 7) is 6.82.